The van der Waals surface area contributed by atoms with E-state index in [0.29, 0.717) is 16.8 Å². The van der Waals surface area contributed by atoms with Crippen molar-refractivity contribution in [3.63, 3.8) is 0 Å². The van der Waals surface area contributed by atoms with Gasteiger partial charge in [-0.3, -0.25) is 9.89 Å². The molecule has 1 unspecified atom stereocenters. The highest BCUT2D eigenvalue weighted by Gasteiger charge is 2.10. The number of H-pyrrole nitrogens is 1. The molecule has 0 saturated carbocycles. The second-order valence-electron chi connectivity index (χ2n) is 4.32. The van der Waals surface area contributed by atoms with Crippen LogP contribution < -0.4 is 5.32 Å². The minimum absolute atomic E-state index is 0.0280. The van der Waals surface area contributed by atoms with E-state index in [1.807, 2.05) is 27.7 Å². The number of aromatic nitrogens is 3. The van der Waals surface area contributed by atoms with Gasteiger partial charge >= 0.3 is 0 Å². The zero-order chi connectivity index (χ0) is 12.8. The van der Waals surface area contributed by atoms with Crippen molar-refractivity contribution >= 4 is 17.7 Å². The van der Waals surface area contributed by atoms with Gasteiger partial charge in [-0.2, -0.15) is 0 Å². The molecular formula is C11H20N4OS. The fraction of sp³-hybridized carbons (Fsp3) is 0.727. The summed E-state index contributed by atoms with van der Waals surface area (Å²) in [5, 5.41) is 10.5. The molecule has 0 spiro atoms. The van der Waals surface area contributed by atoms with Crippen LogP contribution in [0.1, 0.15) is 45.9 Å². The van der Waals surface area contributed by atoms with Gasteiger partial charge in [-0.15, -0.1) is 5.10 Å². The number of carbonyl (C=O) groups is 1. The van der Waals surface area contributed by atoms with E-state index in [-0.39, 0.29) is 11.9 Å². The van der Waals surface area contributed by atoms with Gasteiger partial charge in [-0.25, -0.2) is 4.98 Å². The molecule has 0 saturated heterocycles. The molecule has 1 heterocycles. The van der Waals surface area contributed by atoms with Crippen molar-refractivity contribution in [3.8, 4) is 0 Å². The largest absolute Gasteiger partial charge is 0.353 e. The Hall–Kier alpha value is -1.04. The minimum Gasteiger partial charge on any atom is -0.353 e. The molecule has 96 valence electrons. The van der Waals surface area contributed by atoms with Crippen LogP contribution in [0, 0.1) is 0 Å². The number of nitrogens with zero attached hydrogens (tertiary/aromatic N) is 2. The summed E-state index contributed by atoms with van der Waals surface area (Å²) in [6, 6.07) is 0.224. The average Bonchev–Trinajstić information content (AvgIpc) is 2.75. The summed E-state index contributed by atoms with van der Waals surface area (Å²) in [5.74, 6) is 1.57. The first-order chi connectivity index (χ1) is 8.02. The Morgan fingerprint density at radius 1 is 1.47 bits per heavy atom. The van der Waals surface area contributed by atoms with E-state index in [1.54, 1.807) is 0 Å². The Morgan fingerprint density at radius 2 is 2.18 bits per heavy atom. The van der Waals surface area contributed by atoms with Crippen LogP contribution in [-0.2, 0) is 4.79 Å². The van der Waals surface area contributed by atoms with Crippen LogP contribution in [-0.4, -0.2) is 32.9 Å². The lowest BCUT2D eigenvalue weighted by Gasteiger charge is -2.09. The molecule has 1 aromatic heterocycles. The molecule has 1 amide bonds. The number of amides is 1. The van der Waals surface area contributed by atoms with Gasteiger partial charge in [-0.05, 0) is 13.3 Å². The van der Waals surface area contributed by atoms with Crippen LogP contribution in [0.4, 0.5) is 0 Å². The molecule has 17 heavy (non-hydrogen) atoms. The van der Waals surface area contributed by atoms with Crippen molar-refractivity contribution in [3.05, 3.63) is 5.82 Å². The summed E-state index contributed by atoms with van der Waals surface area (Å²) >= 11 is 1.35. The monoisotopic (exact) mass is 256 g/mol. The summed E-state index contributed by atoms with van der Waals surface area (Å²) < 4.78 is 0. The number of hydrogen-bond acceptors (Lipinski definition) is 4. The van der Waals surface area contributed by atoms with Crippen LogP contribution in [0.25, 0.3) is 0 Å². The number of rotatable bonds is 6. The highest BCUT2D eigenvalue weighted by Crippen LogP contribution is 2.15. The molecule has 1 aromatic rings. The minimum atomic E-state index is 0.0280. The number of carbonyl (C=O) groups excluding carboxylic acids is 1. The van der Waals surface area contributed by atoms with Gasteiger partial charge in [0.15, 0.2) is 0 Å². The van der Waals surface area contributed by atoms with Gasteiger partial charge < -0.3 is 5.32 Å². The normalized spacial score (nSPS) is 12.8. The van der Waals surface area contributed by atoms with Gasteiger partial charge in [0.1, 0.15) is 5.82 Å². The molecule has 0 aromatic carbocycles. The number of aromatic amines is 1. The molecule has 0 radical (unpaired) electrons. The van der Waals surface area contributed by atoms with Crippen LogP contribution in [0.2, 0.25) is 0 Å². The van der Waals surface area contributed by atoms with E-state index in [9.17, 15) is 4.79 Å². The van der Waals surface area contributed by atoms with Crippen molar-refractivity contribution in [1.82, 2.24) is 20.5 Å². The summed E-state index contributed by atoms with van der Waals surface area (Å²) in [4.78, 5) is 15.8. The van der Waals surface area contributed by atoms with E-state index < -0.39 is 0 Å². The zero-order valence-corrected chi connectivity index (χ0v) is 11.6. The third kappa shape index (κ3) is 4.77. The van der Waals surface area contributed by atoms with Crippen molar-refractivity contribution < 1.29 is 4.79 Å². The molecule has 0 aliphatic rings. The lowest BCUT2D eigenvalue weighted by Crippen LogP contribution is -2.33. The van der Waals surface area contributed by atoms with Crippen molar-refractivity contribution in [1.29, 1.82) is 0 Å². The summed E-state index contributed by atoms with van der Waals surface area (Å²) in [6.07, 6.45) is 0.939. The van der Waals surface area contributed by atoms with Gasteiger partial charge in [0.05, 0.1) is 5.75 Å². The molecular weight excluding hydrogens is 236 g/mol. The second-order valence-corrected chi connectivity index (χ2v) is 5.27. The van der Waals surface area contributed by atoms with Gasteiger partial charge in [0, 0.05) is 12.0 Å². The standard InChI is InChI=1S/C11H20N4OS/c1-5-8(4)12-9(16)6-17-11-13-10(7(2)3)14-15-11/h7-8H,5-6H2,1-4H3,(H,12,16)(H,13,14,15). The van der Waals surface area contributed by atoms with Gasteiger partial charge in [0.2, 0.25) is 11.1 Å². The van der Waals surface area contributed by atoms with Gasteiger partial charge in [0.25, 0.3) is 0 Å². The highest BCUT2D eigenvalue weighted by atomic mass is 32.2. The first-order valence-corrected chi connectivity index (χ1v) is 6.86. The van der Waals surface area contributed by atoms with Crippen LogP contribution >= 0.6 is 11.8 Å². The maximum absolute atomic E-state index is 11.5. The van der Waals surface area contributed by atoms with E-state index in [1.165, 1.54) is 11.8 Å². The maximum Gasteiger partial charge on any atom is 0.230 e. The number of thioether (sulfide) groups is 1. The molecule has 0 aliphatic heterocycles. The smallest absolute Gasteiger partial charge is 0.230 e. The maximum atomic E-state index is 11.5. The fourth-order valence-electron chi connectivity index (χ4n) is 1.13. The zero-order valence-electron chi connectivity index (χ0n) is 10.8. The molecule has 5 nitrogen and oxygen atoms in total. The van der Waals surface area contributed by atoms with Crippen molar-refractivity contribution in [2.24, 2.45) is 0 Å². The Bertz CT molecular complexity index is 364. The summed E-state index contributed by atoms with van der Waals surface area (Å²) in [7, 11) is 0. The molecule has 0 fully saturated rings. The Balaban J connectivity index is 2.37. The quantitative estimate of drug-likeness (QED) is 0.763. The SMILES string of the molecule is CCC(C)NC(=O)CSc1n[nH]c(C(C)C)n1. The lowest BCUT2D eigenvalue weighted by molar-refractivity contribution is -0.119. The molecule has 6 heteroatoms. The highest BCUT2D eigenvalue weighted by molar-refractivity contribution is 7.99. The Morgan fingerprint density at radius 3 is 2.71 bits per heavy atom. The molecule has 1 rings (SSSR count). The van der Waals surface area contributed by atoms with Crippen molar-refractivity contribution in [2.45, 2.75) is 51.2 Å². The van der Waals surface area contributed by atoms with E-state index in [2.05, 4.69) is 20.5 Å². The van der Waals surface area contributed by atoms with Crippen LogP contribution in [0.5, 0.6) is 0 Å². The topological polar surface area (TPSA) is 70.7 Å². The van der Waals surface area contributed by atoms with Gasteiger partial charge in [-0.1, -0.05) is 32.5 Å². The lowest BCUT2D eigenvalue weighted by atomic mass is 10.2. The number of nitrogens with one attached hydrogen (secondary N) is 2. The van der Waals surface area contributed by atoms with Crippen LogP contribution in [0.15, 0.2) is 5.16 Å². The molecule has 1 atom stereocenters. The first-order valence-electron chi connectivity index (χ1n) is 5.87. The van der Waals surface area contributed by atoms with Crippen LogP contribution in [0.3, 0.4) is 0 Å². The summed E-state index contributed by atoms with van der Waals surface area (Å²) in [5.41, 5.74) is 0. The number of hydrogen-bond donors (Lipinski definition) is 2. The first kappa shape index (κ1) is 14.0. The Labute approximate surface area is 106 Å². The molecule has 0 bridgehead atoms. The third-order valence-corrected chi connectivity index (χ3v) is 3.23. The fourth-order valence-corrected chi connectivity index (χ4v) is 1.75. The second kappa shape index (κ2) is 6.64. The average molecular weight is 256 g/mol. The molecule has 0 aliphatic carbocycles. The molecule has 2 N–H and O–H groups in total. The van der Waals surface area contributed by atoms with E-state index in [0.717, 1.165) is 12.2 Å². The Kier molecular flexibility index (Phi) is 5.47. The van der Waals surface area contributed by atoms with Crippen molar-refractivity contribution in [2.75, 3.05) is 5.75 Å². The predicted octanol–water partition coefficient (Wildman–Crippen LogP) is 1.93. The van der Waals surface area contributed by atoms with E-state index >= 15 is 0 Å². The summed E-state index contributed by atoms with van der Waals surface area (Å²) in [6.45, 7) is 8.13. The predicted molar refractivity (Wildman–Crippen MR) is 69.1 cm³/mol. The van der Waals surface area contributed by atoms with E-state index in [4.69, 9.17) is 0 Å². The third-order valence-electron chi connectivity index (χ3n) is 2.38.